The fourth-order valence-electron chi connectivity index (χ4n) is 1.06. The van der Waals surface area contributed by atoms with E-state index in [1.54, 1.807) is 5.48 Å². The highest BCUT2D eigenvalue weighted by molar-refractivity contribution is 5.74. The number of allylic oxidation sites excluding steroid dienone is 2. The number of hydroxylamine groups is 1. The Bertz CT molecular complexity index is 155. The van der Waals surface area contributed by atoms with Crippen molar-refractivity contribution in [2.45, 2.75) is 45.4 Å². The van der Waals surface area contributed by atoms with E-state index < -0.39 is 0 Å². The highest BCUT2D eigenvalue weighted by Gasteiger charge is 1.96. The van der Waals surface area contributed by atoms with Crippen LogP contribution >= 0.6 is 0 Å². The van der Waals surface area contributed by atoms with Crippen molar-refractivity contribution in [1.29, 1.82) is 0 Å². The van der Waals surface area contributed by atoms with Crippen molar-refractivity contribution < 1.29 is 10.0 Å². The van der Waals surface area contributed by atoms with E-state index in [0.29, 0.717) is 6.42 Å². The van der Waals surface area contributed by atoms with Crippen molar-refractivity contribution in [2.24, 2.45) is 0 Å². The van der Waals surface area contributed by atoms with E-state index in [9.17, 15) is 4.79 Å². The summed E-state index contributed by atoms with van der Waals surface area (Å²) in [6.45, 7) is 2.11. The minimum absolute atomic E-state index is 0.288. The van der Waals surface area contributed by atoms with Crippen molar-refractivity contribution in [1.82, 2.24) is 5.48 Å². The molecule has 1 amide bonds. The van der Waals surface area contributed by atoms with E-state index >= 15 is 0 Å². The Morgan fingerprint density at radius 2 is 2.08 bits per heavy atom. The van der Waals surface area contributed by atoms with E-state index in [-0.39, 0.29) is 5.91 Å². The number of amides is 1. The molecule has 0 aliphatic rings. The van der Waals surface area contributed by atoms with E-state index in [1.165, 1.54) is 0 Å². The Balaban J connectivity index is 3.08. The molecule has 0 fully saturated rings. The van der Waals surface area contributed by atoms with E-state index in [1.807, 2.05) is 0 Å². The number of hydrogen-bond acceptors (Lipinski definition) is 2. The molecule has 3 heteroatoms. The maximum absolute atomic E-state index is 10.6. The van der Waals surface area contributed by atoms with Crippen LogP contribution in [0.3, 0.4) is 0 Å². The average molecular weight is 185 g/mol. The molecule has 0 unspecified atom stereocenters. The SMILES string of the molecule is CCC=CCCCCCC(=O)NO. The van der Waals surface area contributed by atoms with Gasteiger partial charge in [-0.25, -0.2) is 5.48 Å². The standard InChI is InChI=1S/C10H19NO2/c1-2-3-4-5-6-7-8-9-10(12)11-13/h3-4,13H,2,5-9H2,1H3,(H,11,12). The fourth-order valence-corrected chi connectivity index (χ4v) is 1.06. The van der Waals surface area contributed by atoms with Crippen molar-refractivity contribution in [3.63, 3.8) is 0 Å². The molecule has 0 rings (SSSR count). The lowest BCUT2D eigenvalue weighted by molar-refractivity contribution is -0.129. The Morgan fingerprint density at radius 3 is 2.69 bits per heavy atom. The minimum Gasteiger partial charge on any atom is -0.289 e. The Kier molecular flexibility index (Phi) is 8.67. The molecule has 0 radical (unpaired) electrons. The highest BCUT2D eigenvalue weighted by atomic mass is 16.5. The maximum Gasteiger partial charge on any atom is 0.243 e. The summed E-state index contributed by atoms with van der Waals surface area (Å²) in [5, 5.41) is 8.20. The third-order valence-electron chi connectivity index (χ3n) is 1.80. The molecule has 0 bridgehead atoms. The quantitative estimate of drug-likeness (QED) is 0.277. The van der Waals surface area contributed by atoms with Crippen LogP contribution in [0, 0.1) is 0 Å². The molecule has 0 atom stereocenters. The fraction of sp³-hybridized carbons (Fsp3) is 0.700. The van der Waals surface area contributed by atoms with Gasteiger partial charge in [0.05, 0.1) is 0 Å². The molecule has 0 saturated heterocycles. The summed E-state index contributed by atoms with van der Waals surface area (Å²) in [4.78, 5) is 10.6. The van der Waals surface area contributed by atoms with Gasteiger partial charge in [-0.15, -0.1) is 0 Å². The van der Waals surface area contributed by atoms with Crippen LogP contribution in [-0.4, -0.2) is 11.1 Å². The Hall–Kier alpha value is -0.830. The topological polar surface area (TPSA) is 49.3 Å². The van der Waals surface area contributed by atoms with Gasteiger partial charge in [0.2, 0.25) is 5.91 Å². The largest absolute Gasteiger partial charge is 0.289 e. The number of carbonyl (C=O) groups excluding carboxylic acids is 1. The Labute approximate surface area is 79.8 Å². The second-order valence-electron chi connectivity index (χ2n) is 3.01. The molecule has 0 spiro atoms. The van der Waals surface area contributed by atoms with Gasteiger partial charge in [0.1, 0.15) is 0 Å². The number of carbonyl (C=O) groups is 1. The van der Waals surface area contributed by atoms with E-state index in [4.69, 9.17) is 5.21 Å². The van der Waals surface area contributed by atoms with Gasteiger partial charge in [-0.2, -0.15) is 0 Å². The molecule has 3 nitrogen and oxygen atoms in total. The number of unbranched alkanes of at least 4 members (excludes halogenated alkanes) is 3. The van der Waals surface area contributed by atoms with Crippen LogP contribution in [0.15, 0.2) is 12.2 Å². The highest BCUT2D eigenvalue weighted by Crippen LogP contribution is 2.03. The van der Waals surface area contributed by atoms with Crippen molar-refractivity contribution in [3.8, 4) is 0 Å². The smallest absolute Gasteiger partial charge is 0.243 e. The predicted octanol–water partition coefficient (Wildman–Crippen LogP) is 2.41. The van der Waals surface area contributed by atoms with Gasteiger partial charge in [0.25, 0.3) is 0 Å². The normalized spacial score (nSPS) is 10.6. The van der Waals surface area contributed by atoms with Crippen molar-refractivity contribution in [3.05, 3.63) is 12.2 Å². The summed E-state index contributed by atoms with van der Waals surface area (Å²) >= 11 is 0. The summed E-state index contributed by atoms with van der Waals surface area (Å²) in [5.74, 6) is -0.288. The van der Waals surface area contributed by atoms with Gasteiger partial charge < -0.3 is 0 Å². The molecular weight excluding hydrogens is 166 g/mol. The van der Waals surface area contributed by atoms with Crippen LogP contribution in [0.4, 0.5) is 0 Å². The molecule has 0 aromatic rings. The zero-order valence-electron chi connectivity index (χ0n) is 8.25. The molecule has 13 heavy (non-hydrogen) atoms. The zero-order valence-corrected chi connectivity index (χ0v) is 8.25. The lowest BCUT2D eigenvalue weighted by atomic mass is 10.1. The summed E-state index contributed by atoms with van der Waals surface area (Å²) in [6.07, 6.45) is 9.95. The lowest BCUT2D eigenvalue weighted by Gasteiger charge is -1.97. The van der Waals surface area contributed by atoms with Crippen LogP contribution in [0.5, 0.6) is 0 Å². The van der Waals surface area contributed by atoms with Crippen LogP contribution in [0.25, 0.3) is 0 Å². The van der Waals surface area contributed by atoms with Gasteiger partial charge >= 0.3 is 0 Å². The number of rotatable bonds is 7. The van der Waals surface area contributed by atoms with Gasteiger partial charge in [0.15, 0.2) is 0 Å². The van der Waals surface area contributed by atoms with E-state index in [0.717, 1.165) is 32.1 Å². The molecule has 0 saturated carbocycles. The summed E-state index contributed by atoms with van der Waals surface area (Å²) in [5.41, 5.74) is 1.62. The van der Waals surface area contributed by atoms with Gasteiger partial charge in [-0.3, -0.25) is 10.0 Å². The zero-order chi connectivity index (χ0) is 9.94. The molecule has 76 valence electrons. The van der Waals surface area contributed by atoms with Crippen LogP contribution in [0.2, 0.25) is 0 Å². The summed E-state index contributed by atoms with van der Waals surface area (Å²) in [6, 6.07) is 0. The first kappa shape index (κ1) is 12.2. The molecular formula is C10H19NO2. The molecule has 2 N–H and O–H groups in total. The molecule has 0 aromatic carbocycles. The van der Waals surface area contributed by atoms with Gasteiger partial charge in [0, 0.05) is 6.42 Å². The first-order valence-electron chi connectivity index (χ1n) is 4.89. The first-order chi connectivity index (χ1) is 6.31. The molecule has 0 aromatic heterocycles. The van der Waals surface area contributed by atoms with Crippen molar-refractivity contribution in [2.75, 3.05) is 0 Å². The summed E-state index contributed by atoms with van der Waals surface area (Å²) in [7, 11) is 0. The lowest BCUT2D eigenvalue weighted by Crippen LogP contribution is -2.17. The third-order valence-corrected chi connectivity index (χ3v) is 1.80. The van der Waals surface area contributed by atoms with Crippen LogP contribution in [0.1, 0.15) is 45.4 Å². The predicted molar refractivity (Wildman–Crippen MR) is 52.4 cm³/mol. The molecule has 0 heterocycles. The second kappa shape index (κ2) is 9.26. The minimum atomic E-state index is -0.288. The molecule has 0 aliphatic carbocycles. The van der Waals surface area contributed by atoms with Crippen LogP contribution < -0.4 is 5.48 Å². The van der Waals surface area contributed by atoms with Crippen LogP contribution in [-0.2, 0) is 4.79 Å². The monoisotopic (exact) mass is 185 g/mol. The third kappa shape index (κ3) is 9.08. The van der Waals surface area contributed by atoms with Crippen molar-refractivity contribution >= 4 is 5.91 Å². The summed E-state index contributed by atoms with van der Waals surface area (Å²) < 4.78 is 0. The van der Waals surface area contributed by atoms with Gasteiger partial charge in [-0.05, 0) is 25.7 Å². The van der Waals surface area contributed by atoms with Gasteiger partial charge in [-0.1, -0.05) is 25.5 Å². The number of hydrogen-bond donors (Lipinski definition) is 2. The second-order valence-corrected chi connectivity index (χ2v) is 3.01. The van der Waals surface area contributed by atoms with E-state index in [2.05, 4.69) is 19.1 Å². The maximum atomic E-state index is 10.6. The Morgan fingerprint density at radius 1 is 1.31 bits per heavy atom. The molecule has 0 aliphatic heterocycles. The average Bonchev–Trinajstić information content (AvgIpc) is 2.16. The number of nitrogens with one attached hydrogen (secondary N) is 1. The first-order valence-corrected chi connectivity index (χ1v) is 4.89.